The molecule has 0 aliphatic carbocycles. The molecule has 8 heteroatoms. The van der Waals surface area contributed by atoms with Crippen molar-refractivity contribution in [3.63, 3.8) is 0 Å². The van der Waals surface area contributed by atoms with Crippen molar-refractivity contribution >= 4 is 17.5 Å². The molecular weight excluding hydrogens is 260 g/mol. The van der Waals surface area contributed by atoms with Crippen molar-refractivity contribution < 1.29 is 4.92 Å². The minimum Gasteiger partial charge on any atom is -0.363 e. The van der Waals surface area contributed by atoms with E-state index in [0.29, 0.717) is 19.0 Å². The first kappa shape index (κ1) is 16.1. The fraction of sp³-hybridized carbons (Fsp3) is 0.667. The van der Waals surface area contributed by atoms with Crippen LogP contribution in [-0.4, -0.2) is 52.5 Å². The van der Waals surface area contributed by atoms with Gasteiger partial charge in [-0.3, -0.25) is 10.1 Å². The molecule has 0 aliphatic heterocycles. The van der Waals surface area contributed by atoms with E-state index in [-0.39, 0.29) is 11.5 Å². The number of nitrogens with one attached hydrogen (secondary N) is 2. The quantitative estimate of drug-likeness (QED) is 0.524. The first-order valence-corrected chi connectivity index (χ1v) is 6.83. The van der Waals surface area contributed by atoms with E-state index in [1.54, 1.807) is 0 Å². The van der Waals surface area contributed by atoms with Crippen molar-refractivity contribution in [3.05, 3.63) is 16.3 Å². The van der Waals surface area contributed by atoms with E-state index in [4.69, 9.17) is 0 Å². The molecule has 0 saturated heterocycles. The van der Waals surface area contributed by atoms with Crippen LogP contribution in [0.3, 0.4) is 0 Å². The number of nitro groups is 1. The first-order chi connectivity index (χ1) is 9.62. The maximum Gasteiger partial charge on any atom is 0.329 e. The van der Waals surface area contributed by atoms with Crippen molar-refractivity contribution in [2.75, 3.05) is 43.4 Å². The van der Waals surface area contributed by atoms with Crippen molar-refractivity contribution in [1.29, 1.82) is 0 Å². The molecule has 8 nitrogen and oxygen atoms in total. The maximum absolute atomic E-state index is 11.0. The molecule has 0 bridgehead atoms. The number of aromatic nitrogens is 2. The van der Waals surface area contributed by atoms with Gasteiger partial charge in [0.2, 0.25) is 11.8 Å². The van der Waals surface area contributed by atoms with Gasteiger partial charge in [0.15, 0.2) is 0 Å². The summed E-state index contributed by atoms with van der Waals surface area (Å²) in [5, 5.41) is 16.9. The Morgan fingerprint density at radius 2 is 2.00 bits per heavy atom. The van der Waals surface area contributed by atoms with E-state index < -0.39 is 4.92 Å². The predicted molar refractivity (Wildman–Crippen MR) is 79.1 cm³/mol. The lowest BCUT2D eigenvalue weighted by atomic mass is 10.4. The Morgan fingerprint density at radius 3 is 2.55 bits per heavy atom. The van der Waals surface area contributed by atoms with Crippen LogP contribution in [0.1, 0.15) is 20.8 Å². The van der Waals surface area contributed by atoms with Gasteiger partial charge < -0.3 is 15.5 Å². The Bertz CT molecular complexity index is 436. The molecule has 1 aromatic rings. The molecule has 0 aromatic carbocycles. The number of nitrogens with zero attached hydrogens (tertiary/aromatic N) is 4. The smallest absolute Gasteiger partial charge is 0.329 e. The highest BCUT2D eigenvalue weighted by molar-refractivity contribution is 5.56. The third-order valence-electron chi connectivity index (χ3n) is 2.92. The number of hydrogen-bond donors (Lipinski definition) is 2. The Hall–Kier alpha value is -1.96. The molecule has 0 saturated carbocycles. The standard InChI is InChI=1S/C12H22N6O2/c1-4-13-12-15-9-10(18(19)20)11(16-12)14-7-8-17(5-2)6-3/h9H,4-8H2,1-3H3,(H2,13,14,15,16). The summed E-state index contributed by atoms with van der Waals surface area (Å²) in [6.07, 6.45) is 1.23. The van der Waals surface area contributed by atoms with Crippen molar-refractivity contribution in [1.82, 2.24) is 14.9 Å². The van der Waals surface area contributed by atoms with Gasteiger partial charge >= 0.3 is 5.69 Å². The molecule has 2 N–H and O–H groups in total. The van der Waals surface area contributed by atoms with Gasteiger partial charge in [0.25, 0.3) is 0 Å². The summed E-state index contributed by atoms with van der Waals surface area (Å²) in [4.78, 5) is 20.8. The Kier molecular flexibility index (Phi) is 6.65. The van der Waals surface area contributed by atoms with Crippen LogP contribution in [-0.2, 0) is 0 Å². The normalized spacial score (nSPS) is 10.6. The van der Waals surface area contributed by atoms with E-state index in [2.05, 4.69) is 39.3 Å². The molecule has 0 aliphatic rings. The van der Waals surface area contributed by atoms with E-state index in [9.17, 15) is 10.1 Å². The molecule has 20 heavy (non-hydrogen) atoms. The molecule has 0 fully saturated rings. The van der Waals surface area contributed by atoms with Crippen LogP contribution in [0.2, 0.25) is 0 Å². The predicted octanol–water partition coefficient (Wildman–Crippen LogP) is 1.57. The first-order valence-electron chi connectivity index (χ1n) is 6.83. The lowest BCUT2D eigenvalue weighted by Crippen LogP contribution is -2.29. The van der Waals surface area contributed by atoms with E-state index in [1.807, 2.05) is 6.92 Å². The molecule has 1 rings (SSSR count). The molecule has 1 aromatic heterocycles. The highest BCUT2D eigenvalue weighted by atomic mass is 16.6. The minimum atomic E-state index is -0.477. The van der Waals surface area contributed by atoms with Crippen LogP contribution in [0.5, 0.6) is 0 Å². The van der Waals surface area contributed by atoms with Crippen molar-refractivity contribution in [2.24, 2.45) is 0 Å². The second kappa shape index (κ2) is 8.26. The number of anilines is 2. The lowest BCUT2D eigenvalue weighted by Gasteiger charge is -2.18. The average Bonchev–Trinajstić information content (AvgIpc) is 2.44. The van der Waals surface area contributed by atoms with E-state index in [0.717, 1.165) is 19.6 Å². The number of rotatable bonds is 9. The molecule has 1 heterocycles. The maximum atomic E-state index is 11.0. The summed E-state index contributed by atoms with van der Waals surface area (Å²) in [5.74, 6) is 0.650. The third-order valence-corrected chi connectivity index (χ3v) is 2.92. The highest BCUT2D eigenvalue weighted by Crippen LogP contribution is 2.21. The summed E-state index contributed by atoms with van der Waals surface area (Å²) >= 11 is 0. The molecule has 0 radical (unpaired) electrons. The highest BCUT2D eigenvalue weighted by Gasteiger charge is 2.16. The molecule has 0 atom stereocenters. The second-order valence-electron chi connectivity index (χ2n) is 4.17. The van der Waals surface area contributed by atoms with Crippen LogP contribution in [0.15, 0.2) is 6.20 Å². The van der Waals surface area contributed by atoms with Gasteiger partial charge in [-0.1, -0.05) is 13.8 Å². The summed E-state index contributed by atoms with van der Waals surface area (Å²) < 4.78 is 0. The summed E-state index contributed by atoms with van der Waals surface area (Å²) in [5.41, 5.74) is -0.105. The van der Waals surface area contributed by atoms with Crippen LogP contribution in [0.4, 0.5) is 17.5 Å². The van der Waals surface area contributed by atoms with Gasteiger partial charge in [0.1, 0.15) is 6.20 Å². The zero-order valence-corrected chi connectivity index (χ0v) is 12.2. The minimum absolute atomic E-state index is 0.105. The van der Waals surface area contributed by atoms with Gasteiger partial charge in [0, 0.05) is 19.6 Å². The fourth-order valence-corrected chi connectivity index (χ4v) is 1.75. The molecule has 0 amide bonds. The molecular formula is C12H22N6O2. The molecule has 0 unspecified atom stereocenters. The average molecular weight is 282 g/mol. The second-order valence-corrected chi connectivity index (χ2v) is 4.17. The van der Waals surface area contributed by atoms with E-state index in [1.165, 1.54) is 6.20 Å². The Balaban J connectivity index is 2.74. The van der Waals surface area contributed by atoms with Gasteiger partial charge in [-0.05, 0) is 20.0 Å². The number of hydrogen-bond acceptors (Lipinski definition) is 7. The largest absolute Gasteiger partial charge is 0.363 e. The molecule has 112 valence electrons. The molecule has 0 spiro atoms. The summed E-state index contributed by atoms with van der Waals surface area (Å²) in [6, 6.07) is 0. The van der Waals surface area contributed by atoms with Crippen LogP contribution in [0, 0.1) is 10.1 Å². The van der Waals surface area contributed by atoms with Gasteiger partial charge in [-0.25, -0.2) is 4.98 Å². The van der Waals surface area contributed by atoms with E-state index >= 15 is 0 Å². The third kappa shape index (κ3) is 4.61. The van der Waals surface area contributed by atoms with Crippen LogP contribution >= 0.6 is 0 Å². The lowest BCUT2D eigenvalue weighted by molar-refractivity contribution is -0.384. The fourth-order valence-electron chi connectivity index (χ4n) is 1.75. The Labute approximate surface area is 118 Å². The monoisotopic (exact) mass is 282 g/mol. The van der Waals surface area contributed by atoms with Gasteiger partial charge in [-0.2, -0.15) is 4.98 Å². The SMILES string of the molecule is CCNc1ncc([N+](=O)[O-])c(NCCN(CC)CC)n1. The zero-order chi connectivity index (χ0) is 15.0. The van der Waals surface area contributed by atoms with Crippen LogP contribution in [0.25, 0.3) is 0 Å². The summed E-state index contributed by atoms with van der Waals surface area (Å²) in [6.45, 7) is 10.1. The van der Waals surface area contributed by atoms with Crippen molar-refractivity contribution in [2.45, 2.75) is 20.8 Å². The van der Waals surface area contributed by atoms with Crippen LogP contribution < -0.4 is 10.6 Å². The summed E-state index contributed by atoms with van der Waals surface area (Å²) in [7, 11) is 0. The van der Waals surface area contributed by atoms with Gasteiger partial charge in [0.05, 0.1) is 4.92 Å². The zero-order valence-electron chi connectivity index (χ0n) is 12.2. The Morgan fingerprint density at radius 1 is 1.30 bits per heavy atom. The van der Waals surface area contributed by atoms with Gasteiger partial charge in [-0.15, -0.1) is 0 Å². The topological polar surface area (TPSA) is 96.2 Å². The number of likely N-dealkylation sites (N-methyl/N-ethyl adjacent to an activating group) is 1. The van der Waals surface area contributed by atoms with Crippen molar-refractivity contribution in [3.8, 4) is 0 Å².